The van der Waals surface area contributed by atoms with Crippen molar-refractivity contribution < 1.29 is 29.8 Å². The minimum absolute atomic E-state index is 0.0176. The molecule has 9 heteroatoms. The number of carbonyl (C=O) groups is 2. The molecule has 0 fully saturated rings. The third-order valence-electron chi connectivity index (χ3n) is 3.35. The van der Waals surface area contributed by atoms with E-state index in [4.69, 9.17) is 5.11 Å². The minimum Gasteiger partial charge on any atom is -0.504 e. The average Bonchev–Trinajstić information content (AvgIpc) is 2.57. The van der Waals surface area contributed by atoms with E-state index in [0.29, 0.717) is 5.57 Å². The molecule has 0 bridgehead atoms. The van der Waals surface area contributed by atoms with Gasteiger partial charge in [-0.25, -0.2) is 4.79 Å². The van der Waals surface area contributed by atoms with E-state index in [-0.39, 0.29) is 17.7 Å². The summed E-state index contributed by atoms with van der Waals surface area (Å²) in [6.07, 6.45) is 3.48. The summed E-state index contributed by atoms with van der Waals surface area (Å²) in [6.45, 7) is 5.08. The fraction of sp³-hybridized carbons (Fsp3) is 0.176. The van der Waals surface area contributed by atoms with E-state index in [1.165, 1.54) is 18.2 Å². The number of amides is 1. The summed E-state index contributed by atoms with van der Waals surface area (Å²) in [5.41, 5.74) is -0.179. The molecular formula is C17H18N2O7. The van der Waals surface area contributed by atoms with E-state index in [1.54, 1.807) is 6.92 Å². The van der Waals surface area contributed by atoms with Crippen LogP contribution in [0.25, 0.3) is 0 Å². The molecule has 0 aliphatic rings. The number of hydrogen-bond donors (Lipinski definition) is 4. The van der Waals surface area contributed by atoms with Crippen LogP contribution in [0.2, 0.25) is 0 Å². The molecule has 138 valence electrons. The van der Waals surface area contributed by atoms with Gasteiger partial charge in [-0.3, -0.25) is 14.9 Å². The van der Waals surface area contributed by atoms with Gasteiger partial charge in [-0.2, -0.15) is 0 Å². The quantitative estimate of drug-likeness (QED) is 0.181. The van der Waals surface area contributed by atoms with Crippen molar-refractivity contribution in [2.24, 2.45) is 0 Å². The summed E-state index contributed by atoms with van der Waals surface area (Å²) in [6, 6.07) is 1.96. The van der Waals surface area contributed by atoms with Crippen molar-refractivity contribution in [2.75, 3.05) is 6.54 Å². The van der Waals surface area contributed by atoms with E-state index >= 15 is 0 Å². The second-order valence-electron chi connectivity index (χ2n) is 5.29. The topological polar surface area (TPSA) is 150 Å². The second kappa shape index (κ2) is 9.02. The van der Waals surface area contributed by atoms with Gasteiger partial charge in [0.2, 0.25) is 5.91 Å². The number of aromatic hydroxyl groups is 2. The van der Waals surface area contributed by atoms with Crippen molar-refractivity contribution in [1.82, 2.24) is 5.32 Å². The van der Waals surface area contributed by atoms with Gasteiger partial charge in [0, 0.05) is 12.6 Å². The molecule has 0 aliphatic carbocycles. The Hall–Kier alpha value is -3.62. The monoisotopic (exact) mass is 362 g/mol. The number of aliphatic carboxylic acids is 1. The number of phenolic OH excluding ortho intramolecular Hbond substituents is 2. The van der Waals surface area contributed by atoms with Crippen LogP contribution in [0.3, 0.4) is 0 Å². The van der Waals surface area contributed by atoms with Gasteiger partial charge in [-0.1, -0.05) is 24.3 Å². The molecule has 0 saturated heterocycles. The van der Waals surface area contributed by atoms with E-state index in [1.807, 2.05) is 0 Å². The molecule has 0 radical (unpaired) electrons. The molecule has 1 rings (SSSR count). The van der Waals surface area contributed by atoms with Crippen LogP contribution in [0.15, 0.2) is 48.1 Å². The third-order valence-corrected chi connectivity index (χ3v) is 3.35. The van der Waals surface area contributed by atoms with Crippen LogP contribution in [-0.4, -0.2) is 38.7 Å². The number of allylic oxidation sites excluding steroid dienone is 2. The van der Waals surface area contributed by atoms with Crippen LogP contribution in [0.5, 0.6) is 11.5 Å². The fourth-order valence-electron chi connectivity index (χ4n) is 1.94. The summed E-state index contributed by atoms with van der Waals surface area (Å²) in [7, 11) is 0. The lowest BCUT2D eigenvalue weighted by Crippen LogP contribution is -2.27. The van der Waals surface area contributed by atoms with E-state index in [9.17, 15) is 29.9 Å². The number of hydrogen-bond acceptors (Lipinski definition) is 6. The lowest BCUT2D eigenvalue weighted by Gasteiger charge is -2.08. The highest BCUT2D eigenvalue weighted by Crippen LogP contribution is 2.35. The maximum absolute atomic E-state index is 12.0. The number of carboxylic acids is 1. The van der Waals surface area contributed by atoms with Gasteiger partial charge in [0.25, 0.3) is 5.69 Å². The standard InChI is InChI=1S/C17H18N2O7/c1-3-11(17(23)24)5-4-10(2)9-18-15(21)8-12-13(19(25)26)6-7-14(20)16(12)22/h3-7,20,22H,1,8-9H2,2H3,(H,18,21)(H,23,24)/b10-4+,11-5+. The predicted molar refractivity (Wildman–Crippen MR) is 92.8 cm³/mol. The van der Waals surface area contributed by atoms with Crippen molar-refractivity contribution in [3.05, 3.63) is 63.8 Å². The zero-order valence-electron chi connectivity index (χ0n) is 13.9. The molecule has 0 spiro atoms. The third kappa shape index (κ3) is 5.48. The van der Waals surface area contributed by atoms with Gasteiger partial charge in [-0.15, -0.1) is 0 Å². The highest BCUT2D eigenvalue weighted by molar-refractivity contribution is 5.90. The van der Waals surface area contributed by atoms with E-state index < -0.39 is 40.4 Å². The van der Waals surface area contributed by atoms with Crippen LogP contribution in [0, 0.1) is 10.1 Å². The molecule has 26 heavy (non-hydrogen) atoms. The summed E-state index contributed by atoms with van der Waals surface area (Å²) in [5, 5.41) is 41.5. The lowest BCUT2D eigenvalue weighted by atomic mass is 10.1. The van der Waals surface area contributed by atoms with Crippen LogP contribution in [0.4, 0.5) is 5.69 Å². The first-order chi connectivity index (χ1) is 12.2. The second-order valence-corrected chi connectivity index (χ2v) is 5.29. The average molecular weight is 362 g/mol. The van der Waals surface area contributed by atoms with Crippen LogP contribution in [-0.2, 0) is 16.0 Å². The Labute approximate surface area is 148 Å². The van der Waals surface area contributed by atoms with Crippen LogP contribution >= 0.6 is 0 Å². The van der Waals surface area contributed by atoms with E-state index in [0.717, 1.165) is 12.1 Å². The number of nitro groups is 1. The van der Waals surface area contributed by atoms with Crippen molar-refractivity contribution in [3.8, 4) is 11.5 Å². The number of nitrogens with one attached hydrogen (secondary N) is 1. The maximum Gasteiger partial charge on any atom is 0.335 e. The SMILES string of the molecule is C=C/C(=C\C=C(/C)CNC(=O)Cc1c([N+](=O)[O-])ccc(O)c1O)C(=O)O. The van der Waals surface area contributed by atoms with E-state index in [2.05, 4.69) is 11.9 Å². The number of phenols is 2. The Balaban J connectivity index is 2.83. The number of carboxylic acid groups (broad SMARTS) is 1. The highest BCUT2D eigenvalue weighted by atomic mass is 16.6. The van der Waals surface area contributed by atoms with Gasteiger partial charge in [0.15, 0.2) is 11.5 Å². The molecule has 4 N–H and O–H groups in total. The predicted octanol–water partition coefficient (Wildman–Crippen LogP) is 1.81. The smallest absolute Gasteiger partial charge is 0.335 e. The Bertz CT molecular complexity index is 810. The molecular weight excluding hydrogens is 344 g/mol. The van der Waals surface area contributed by atoms with Crippen molar-refractivity contribution >= 4 is 17.6 Å². The number of rotatable bonds is 8. The zero-order valence-corrected chi connectivity index (χ0v) is 13.9. The normalized spacial score (nSPS) is 11.7. The first-order valence-corrected chi connectivity index (χ1v) is 7.35. The largest absolute Gasteiger partial charge is 0.504 e. The molecule has 1 aromatic carbocycles. The molecule has 1 aromatic rings. The van der Waals surface area contributed by atoms with Gasteiger partial charge in [0.1, 0.15) is 0 Å². The lowest BCUT2D eigenvalue weighted by molar-refractivity contribution is -0.385. The maximum atomic E-state index is 12.0. The molecule has 0 unspecified atom stereocenters. The van der Waals surface area contributed by atoms with Gasteiger partial charge < -0.3 is 20.6 Å². The molecule has 9 nitrogen and oxygen atoms in total. The number of benzene rings is 1. The van der Waals surface area contributed by atoms with Crippen molar-refractivity contribution in [2.45, 2.75) is 13.3 Å². The summed E-state index contributed by atoms with van der Waals surface area (Å²) >= 11 is 0. The number of carbonyl (C=O) groups excluding carboxylic acids is 1. The fourth-order valence-corrected chi connectivity index (χ4v) is 1.94. The molecule has 0 saturated carbocycles. The zero-order chi connectivity index (χ0) is 19.9. The van der Waals surface area contributed by atoms with Crippen molar-refractivity contribution in [3.63, 3.8) is 0 Å². The highest BCUT2D eigenvalue weighted by Gasteiger charge is 2.22. The first kappa shape index (κ1) is 20.4. The Morgan fingerprint density at radius 3 is 2.50 bits per heavy atom. The Morgan fingerprint density at radius 1 is 1.31 bits per heavy atom. The number of nitro benzene ring substituents is 1. The molecule has 0 heterocycles. The summed E-state index contributed by atoms with van der Waals surface area (Å²) in [4.78, 5) is 33.0. The van der Waals surface area contributed by atoms with Crippen LogP contribution < -0.4 is 5.32 Å². The molecule has 1 amide bonds. The Kier molecular flexibility index (Phi) is 7.08. The molecule has 0 atom stereocenters. The first-order valence-electron chi connectivity index (χ1n) is 7.35. The van der Waals surface area contributed by atoms with Gasteiger partial charge >= 0.3 is 5.97 Å². The Morgan fingerprint density at radius 2 is 1.96 bits per heavy atom. The molecule has 0 aliphatic heterocycles. The van der Waals surface area contributed by atoms with Gasteiger partial charge in [-0.05, 0) is 19.1 Å². The van der Waals surface area contributed by atoms with Crippen LogP contribution in [0.1, 0.15) is 12.5 Å². The van der Waals surface area contributed by atoms with Crippen molar-refractivity contribution in [1.29, 1.82) is 0 Å². The summed E-state index contributed by atoms with van der Waals surface area (Å²) in [5.74, 6) is -3.04. The summed E-state index contributed by atoms with van der Waals surface area (Å²) < 4.78 is 0. The molecule has 0 aromatic heterocycles. The minimum atomic E-state index is -1.14. The number of nitrogens with zero attached hydrogens (tertiary/aromatic N) is 1. The van der Waals surface area contributed by atoms with Gasteiger partial charge in [0.05, 0.1) is 22.5 Å².